The van der Waals surface area contributed by atoms with Gasteiger partial charge in [-0.3, -0.25) is 0 Å². The van der Waals surface area contributed by atoms with Crippen molar-refractivity contribution in [2.45, 2.75) is 39.7 Å². The summed E-state index contributed by atoms with van der Waals surface area (Å²) in [5.41, 5.74) is 1.02. The van der Waals surface area contributed by atoms with Gasteiger partial charge >= 0.3 is 6.03 Å². The quantitative estimate of drug-likeness (QED) is 0.803. The molecule has 0 saturated carbocycles. The Bertz CT molecular complexity index is 411. The molecule has 0 fully saturated rings. The minimum Gasteiger partial charge on any atom is -0.492 e. The summed E-state index contributed by atoms with van der Waals surface area (Å²) >= 11 is 0. The normalized spacial score (nSPS) is 10.9. The van der Waals surface area contributed by atoms with E-state index in [1.807, 2.05) is 39.0 Å². The van der Waals surface area contributed by atoms with Crippen LogP contribution in [-0.2, 0) is 6.42 Å². The molecule has 0 aliphatic heterocycles. The third kappa shape index (κ3) is 6.70. The molecule has 1 rings (SSSR count). The smallest absolute Gasteiger partial charge is 0.315 e. The first kappa shape index (κ1) is 15.3. The van der Waals surface area contributed by atoms with Crippen molar-refractivity contribution in [1.29, 1.82) is 0 Å². The van der Waals surface area contributed by atoms with E-state index in [9.17, 15) is 4.79 Å². The number of benzene rings is 1. The van der Waals surface area contributed by atoms with Crippen LogP contribution < -0.4 is 15.4 Å². The van der Waals surface area contributed by atoms with Gasteiger partial charge < -0.3 is 15.4 Å². The number of aryl methyl sites for hydroxylation is 1. The monoisotopic (exact) mass is 264 g/mol. The molecule has 0 aliphatic rings. The first-order valence-corrected chi connectivity index (χ1v) is 6.68. The van der Waals surface area contributed by atoms with E-state index in [4.69, 9.17) is 4.74 Å². The summed E-state index contributed by atoms with van der Waals surface area (Å²) in [6, 6.07) is 7.83. The average Bonchev–Trinajstić information content (AvgIpc) is 2.33. The zero-order valence-corrected chi connectivity index (χ0v) is 12.2. The third-order valence-electron chi connectivity index (χ3n) is 2.45. The van der Waals surface area contributed by atoms with E-state index >= 15 is 0 Å². The van der Waals surface area contributed by atoms with Crippen molar-refractivity contribution < 1.29 is 9.53 Å². The molecule has 0 heterocycles. The Morgan fingerprint density at radius 3 is 2.68 bits per heavy atom. The van der Waals surface area contributed by atoms with Crippen LogP contribution in [0.2, 0.25) is 0 Å². The topological polar surface area (TPSA) is 50.4 Å². The molecule has 106 valence electrons. The van der Waals surface area contributed by atoms with Gasteiger partial charge in [-0.25, -0.2) is 4.79 Å². The second-order valence-electron chi connectivity index (χ2n) is 5.48. The van der Waals surface area contributed by atoms with Crippen LogP contribution in [0.5, 0.6) is 5.75 Å². The second-order valence-corrected chi connectivity index (χ2v) is 5.48. The summed E-state index contributed by atoms with van der Waals surface area (Å²) in [6.07, 6.45) is 0.990. The van der Waals surface area contributed by atoms with E-state index in [0.29, 0.717) is 13.2 Å². The van der Waals surface area contributed by atoms with Crippen LogP contribution in [0.1, 0.15) is 33.3 Å². The molecule has 1 aromatic rings. The lowest BCUT2D eigenvalue weighted by molar-refractivity contribution is 0.228. The molecule has 0 bridgehead atoms. The number of urea groups is 1. The Kier molecular flexibility index (Phi) is 5.67. The van der Waals surface area contributed by atoms with Crippen LogP contribution in [0.4, 0.5) is 4.79 Å². The first-order chi connectivity index (χ1) is 8.90. The molecule has 0 saturated heterocycles. The van der Waals surface area contributed by atoms with Gasteiger partial charge in [0.2, 0.25) is 0 Å². The third-order valence-corrected chi connectivity index (χ3v) is 2.45. The van der Waals surface area contributed by atoms with Gasteiger partial charge in [-0.2, -0.15) is 0 Å². The standard InChI is InChI=1S/C15H24N2O2/c1-5-12-7-6-8-13(11-12)19-10-9-16-14(18)17-15(2,3)4/h6-8,11H,5,9-10H2,1-4H3,(H2,16,17,18). The predicted octanol–water partition coefficient (Wildman–Crippen LogP) is 2.73. The predicted molar refractivity (Wildman–Crippen MR) is 77.6 cm³/mol. The van der Waals surface area contributed by atoms with Gasteiger partial charge in [0.1, 0.15) is 12.4 Å². The minimum atomic E-state index is -0.222. The molecule has 0 unspecified atom stereocenters. The zero-order chi connectivity index (χ0) is 14.3. The van der Waals surface area contributed by atoms with E-state index < -0.39 is 0 Å². The maximum atomic E-state index is 11.5. The van der Waals surface area contributed by atoms with Gasteiger partial charge in [0.25, 0.3) is 0 Å². The number of nitrogens with one attached hydrogen (secondary N) is 2. The number of amides is 2. The van der Waals surface area contributed by atoms with Crippen molar-refractivity contribution in [2.75, 3.05) is 13.2 Å². The highest BCUT2D eigenvalue weighted by Crippen LogP contribution is 2.13. The fourth-order valence-corrected chi connectivity index (χ4v) is 1.57. The molecule has 4 heteroatoms. The Labute approximate surface area is 115 Å². The van der Waals surface area contributed by atoms with Gasteiger partial charge in [-0.05, 0) is 44.9 Å². The highest BCUT2D eigenvalue weighted by atomic mass is 16.5. The van der Waals surface area contributed by atoms with Gasteiger partial charge in [-0.15, -0.1) is 0 Å². The lowest BCUT2D eigenvalue weighted by Gasteiger charge is -2.20. The van der Waals surface area contributed by atoms with Crippen LogP contribution in [0.25, 0.3) is 0 Å². The number of carbonyl (C=O) groups excluding carboxylic acids is 1. The van der Waals surface area contributed by atoms with Crippen molar-refractivity contribution in [3.63, 3.8) is 0 Å². The van der Waals surface area contributed by atoms with E-state index in [1.165, 1.54) is 5.56 Å². The van der Waals surface area contributed by atoms with E-state index in [2.05, 4.69) is 23.6 Å². The Morgan fingerprint density at radius 1 is 1.32 bits per heavy atom. The number of hydrogen-bond donors (Lipinski definition) is 2. The molecule has 0 radical (unpaired) electrons. The summed E-state index contributed by atoms with van der Waals surface area (Å²) < 4.78 is 5.59. The highest BCUT2D eigenvalue weighted by molar-refractivity contribution is 5.74. The molecule has 2 N–H and O–H groups in total. The fourth-order valence-electron chi connectivity index (χ4n) is 1.57. The summed E-state index contributed by atoms with van der Waals surface area (Å²) in [6.45, 7) is 8.89. The lowest BCUT2D eigenvalue weighted by Crippen LogP contribution is -2.47. The van der Waals surface area contributed by atoms with Gasteiger partial charge in [0, 0.05) is 5.54 Å². The summed E-state index contributed by atoms with van der Waals surface area (Å²) in [4.78, 5) is 11.5. The van der Waals surface area contributed by atoms with Gasteiger partial charge in [0.15, 0.2) is 0 Å². The molecule has 0 spiro atoms. The van der Waals surface area contributed by atoms with Crippen LogP contribution in [0.3, 0.4) is 0 Å². The fraction of sp³-hybridized carbons (Fsp3) is 0.533. The second kappa shape index (κ2) is 7.02. The first-order valence-electron chi connectivity index (χ1n) is 6.68. The number of carbonyl (C=O) groups is 1. The molecular formula is C15H24N2O2. The van der Waals surface area contributed by atoms with Crippen molar-refractivity contribution in [3.05, 3.63) is 29.8 Å². The van der Waals surface area contributed by atoms with Gasteiger partial charge in [-0.1, -0.05) is 19.1 Å². The largest absolute Gasteiger partial charge is 0.492 e. The molecular weight excluding hydrogens is 240 g/mol. The Morgan fingerprint density at radius 2 is 2.05 bits per heavy atom. The number of ether oxygens (including phenoxy) is 1. The van der Waals surface area contributed by atoms with Crippen molar-refractivity contribution >= 4 is 6.03 Å². The van der Waals surface area contributed by atoms with E-state index in [1.54, 1.807) is 0 Å². The summed E-state index contributed by atoms with van der Waals surface area (Å²) in [5, 5.41) is 5.59. The summed E-state index contributed by atoms with van der Waals surface area (Å²) in [7, 11) is 0. The Hall–Kier alpha value is -1.71. The Balaban J connectivity index is 2.25. The minimum absolute atomic E-state index is 0.168. The van der Waals surface area contributed by atoms with E-state index in [-0.39, 0.29) is 11.6 Å². The van der Waals surface area contributed by atoms with Crippen molar-refractivity contribution in [3.8, 4) is 5.75 Å². The average molecular weight is 264 g/mol. The molecule has 0 atom stereocenters. The van der Waals surface area contributed by atoms with Crippen LogP contribution in [0, 0.1) is 0 Å². The molecule has 2 amide bonds. The number of hydrogen-bond acceptors (Lipinski definition) is 2. The molecule has 1 aromatic carbocycles. The maximum Gasteiger partial charge on any atom is 0.315 e. The highest BCUT2D eigenvalue weighted by Gasteiger charge is 2.12. The number of rotatable bonds is 5. The molecule has 0 aromatic heterocycles. The van der Waals surface area contributed by atoms with Gasteiger partial charge in [0.05, 0.1) is 6.54 Å². The zero-order valence-electron chi connectivity index (χ0n) is 12.2. The maximum absolute atomic E-state index is 11.5. The van der Waals surface area contributed by atoms with Crippen LogP contribution in [-0.4, -0.2) is 24.7 Å². The SMILES string of the molecule is CCc1cccc(OCCNC(=O)NC(C)(C)C)c1. The van der Waals surface area contributed by atoms with Crippen LogP contribution in [0.15, 0.2) is 24.3 Å². The molecule has 0 aliphatic carbocycles. The van der Waals surface area contributed by atoms with Crippen LogP contribution >= 0.6 is 0 Å². The van der Waals surface area contributed by atoms with Crippen molar-refractivity contribution in [2.24, 2.45) is 0 Å². The van der Waals surface area contributed by atoms with Crippen molar-refractivity contribution in [1.82, 2.24) is 10.6 Å². The van der Waals surface area contributed by atoms with E-state index in [0.717, 1.165) is 12.2 Å². The molecule has 19 heavy (non-hydrogen) atoms. The summed E-state index contributed by atoms with van der Waals surface area (Å²) in [5.74, 6) is 0.845. The molecule has 4 nitrogen and oxygen atoms in total. The lowest BCUT2D eigenvalue weighted by atomic mass is 10.1.